The van der Waals surface area contributed by atoms with E-state index in [2.05, 4.69) is 31.2 Å². The summed E-state index contributed by atoms with van der Waals surface area (Å²) < 4.78 is 0.979. The quantitative estimate of drug-likeness (QED) is 0.842. The molecule has 0 fully saturated rings. The van der Waals surface area contributed by atoms with Gasteiger partial charge in [-0.15, -0.1) is 0 Å². The lowest BCUT2D eigenvalue weighted by atomic mass is 10.3. The van der Waals surface area contributed by atoms with E-state index in [4.69, 9.17) is 11.6 Å². The Balaban J connectivity index is 2.40. The molecule has 1 aromatic heterocycles. The zero-order valence-electron chi connectivity index (χ0n) is 9.46. The van der Waals surface area contributed by atoms with Crippen molar-refractivity contribution in [3.8, 4) is 0 Å². The second kappa shape index (κ2) is 5.02. The minimum absolute atomic E-state index is 0.479. The van der Waals surface area contributed by atoms with E-state index in [0.29, 0.717) is 11.0 Å². The molecule has 5 heteroatoms. The molecular weight excluding hydrogens is 302 g/mol. The Labute approximate surface area is 113 Å². The summed E-state index contributed by atoms with van der Waals surface area (Å²) in [6.07, 6.45) is 0. The van der Waals surface area contributed by atoms with Gasteiger partial charge in [0.15, 0.2) is 0 Å². The molecule has 0 amide bonds. The number of hydrogen-bond acceptors (Lipinski definition) is 3. The summed E-state index contributed by atoms with van der Waals surface area (Å²) in [5, 5.41) is 3.72. The van der Waals surface area contributed by atoms with Crippen LogP contribution in [0.15, 0.2) is 28.7 Å². The molecule has 0 aliphatic rings. The molecule has 0 saturated heterocycles. The predicted molar refractivity (Wildman–Crippen MR) is 73.9 cm³/mol. The Kier molecular flexibility index (Phi) is 3.64. The second-order valence-corrected chi connectivity index (χ2v) is 4.85. The lowest BCUT2D eigenvalue weighted by Gasteiger charge is -2.11. The average molecular weight is 313 g/mol. The largest absolute Gasteiger partial charge is 0.339 e. The van der Waals surface area contributed by atoms with Crippen molar-refractivity contribution in [2.45, 2.75) is 13.8 Å². The lowest BCUT2D eigenvalue weighted by molar-refractivity contribution is 1.04. The molecule has 3 nitrogen and oxygen atoms in total. The molecule has 1 N–H and O–H groups in total. The Morgan fingerprint density at radius 2 is 1.88 bits per heavy atom. The molecule has 0 atom stereocenters. The fraction of sp³-hybridized carbons (Fsp3) is 0.167. The molecule has 0 unspecified atom stereocenters. The number of para-hydroxylation sites is 1. The van der Waals surface area contributed by atoms with E-state index in [1.807, 2.05) is 38.1 Å². The molecule has 0 spiro atoms. The molecule has 2 aromatic rings. The van der Waals surface area contributed by atoms with Gasteiger partial charge in [0.05, 0.1) is 5.69 Å². The van der Waals surface area contributed by atoms with Crippen LogP contribution < -0.4 is 5.32 Å². The van der Waals surface area contributed by atoms with Gasteiger partial charge in [0.1, 0.15) is 16.8 Å². The fourth-order valence-corrected chi connectivity index (χ4v) is 2.00. The zero-order valence-corrected chi connectivity index (χ0v) is 11.8. The van der Waals surface area contributed by atoms with Gasteiger partial charge in [-0.2, -0.15) is 0 Å². The number of halogens is 2. The zero-order chi connectivity index (χ0) is 12.4. The second-order valence-electron chi connectivity index (χ2n) is 3.64. The molecule has 1 heterocycles. The number of nitrogens with one attached hydrogen (secondary N) is 1. The van der Waals surface area contributed by atoms with Crippen LogP contribution in [0.3, 0.4) is 0 Å². The van der Waals surface area contributed by atoms with Crippen LogP contribution in [0.5, 0.6) is 0 Å². The van der Waals surface area contributed by atoms with Crippen molar-refractivity contribution >= 4 is 39.0 Å². The first kappa shape index (κ1) is 12.3. The number of benzene rings is 1. The van der Waals surface area contributed by atoms with Gasteiger partial charge in [-0.1, -0.05) is 23.7 Å². The third kappa shape index (κ3) is 2.76. The maximum atomic E-state index is 6.02. The highest BCUT2D eigenvalue weighted by molar-refractivity contribution is 9.10. The molecule has 1 aromatic carbocycles. The van der Waals surface area contributed by atoms with E-state index in [1.54, 1.807) is 0 Å². The van der Waals surface area contributed by atoms with E-state index >= 15 is 0 Å². The third-order valence-corrected chi connectivity index (χ3v) is 3.38. The van der Waals surface area contributed by atoms with Gasteiger partial charge < -0.3 is 5.32 Å². The summed E-state index contributed by atoms with van der Waals surface area (Å²) in [6, 6.07) is 7.85. The maximum absolute atomic E-state index is 6.02. The van der Waals surface area contributed by atoms with E-state index in [9.17, 15) is 0 Å². The van der Waals surface area contributed by atoms with Crippen molar-refractivity contribution in [3.05, 3.63) is 45.3 Å². The first-order chi connectivity index (χ1) is 8.08. The molecule has 17 heavy (non-hydrogen) atoms. The van der Waals surface area contributed by atoms with E-state index in [0.717, 1.165) is 21.5 Å². The van der Waals surface area contributed by atoms with Gasteiger partial charge in [0.2, 0.25) is 0 Å². The summed E-state index contributed by atoms with van der Waals surface area (Å²) in [6.45, 7) is 3.71. The standard InChI is InChI=1S/C12H11BrClN3/c1-7-11(14)15-8(2)16-12(7)17-10-6-4-3-5-9(10)13/h3-6H,1-2H3,(H,15,16,17). The smallest absolute Gasteiger partial charge is 0.138 e. The monoisotopic (exact) mass is 311 g/mol. The number of anilines is 2. The first-order valence-corrected chi connectivity index (χ1v) is 6.27. The van der Waals surface area contributed by atoms with E-state index in [1.165, 1.54) is 0 Å². The van der Waals surface area contributed by atoms with E-state index < -0.39 is 0 Å². The van der Waals surface area contributed by atoms with Crippen molar-refractivity contribution in [2.24, 2.45) is 0 Å². The summed E-state index contributed by atoms with van der Waals surface area (Å²) in [4.78, 5) is 8.44. The van der Waals surface area contributed by atoms with Gasteiger partial charge in [0.25, 0.3) is 0 Å². The van der Waals surface area contributed by atoms with Crippen LogP contribution in [0.25, 0.3) is 0 Å². The first-order valence-electron chi connectivity index (χ1n) is 5.10. The highest BCUT2D eigenvalue weighted by Crippen LogP contribution is 2.27. The Hall–Kier alpha value is -1.13. The van der Waals surface area contributed by atoms with Crippen LogP contribution in [0.2, 0.25) is 5.15 Å². The van der Waals surface area contributed by atoms with Crippen LogP contribution in [0.1, 0.15) is 11.4 Å². The Bertz CT molecular complexity index is 557. The highest BCUT2D eigenvalue weighted by Gasteiger charge is 2.08. The van der Waals surface area contributed by atoms with Crippen LogP contribution in [-0.2, 0) is 0 Å². The number of hydrogen-bond donors (Lipinski definition) is 1. The van der Waals surface area contributed by atoms with Crippen molar-refractivity contribution in [1.29, 1.82) is 0 Å². The van der Waals surface area contributed by atoms with Crippen LogP contribution in [0, 0.1) is 13.8 Å². The van der Waals surface area contributed by atoms with Gasteiger partial charge in [-0.05, 0) is 41.9 Å². The van der Waals surface area contributed by atoms with Gasteiger partial charge >= 0.3 is 0 Å². The number of nitrogens with zero attached hydrogens (tertiary/aromatic N) is 2. The van der Waals surface area contributed by atoms with Crippen molar-refractivity contribution < 1.29 is 0 Å². The normalized spacial score (nSPS) is 10.4. The van der Waals surface area contributed by atoms with Crippen LogP contribution in [0.4, 0.5) is 11.5 Å². The lowest BCUT2D eigenvalue weighted by Crippen LogP contribution is -2.01. The minimum atomic E-state index is 0.479. The average Bonchev–Trinajstić information content (AvgIpc) is 2.28. The summed E-state index contributed by atoms with van der Waals surface area (Å²) in [5.41, 5.74) is 1.79. The SMILES string of the molecule is Cc1nc(Cl)c(C)c(Nc2ccccc2Br)n1. The summed E-state index contributed by atoms with van der Waals surface area (Å²) >= 11 is 9.50. The molecule has 88 valence electrons. The van der Waals surface area contributed by atoms with Crippen molar-refractivity contribution in [3.63, 3.8) is 0 Å². The number of rotatable bonds is 2. The van der Waals surface area contributed by atoms with Gasteiger partial charge in [-0.25, -0.2) is 9.97 Å². The van der Waals surface area contributed by atoms with Crippen molar-refractivity contribution in [2.75, 3.05) is 5.32 Å². The molecule has 0 aliphatic carbocycles. The molecule has 0 saturated carbocycles. The maximum Gasteiger partial charge on any atom is 0.138 e. The van der Waals surface area contributed by atoms with Crippen LogP contribution in [-0.4, -0.2) is 9.97 Å². The third-order valence-electron chi connectivity index (χ3n) is 2.33. The minimum Gasteiger partial charge on any atom is -0.339 e. The highest BCUT2D eigenvalue weighted by atomic mass is 79.9. The summed E-state index contributed by atoms with van der Waals surface area (Å²) in [7, 11) is 0. The van der Waals surface area contributed by atoms with Gasteiger partial charge in [0, 0.05) is 10.0 Å². The molecule has 0 radical (unpaired) electrons. The topological polar surface area (TPSA) is 37.8 Å². The predicted octanol–water partition coefficient (Wildman–Crippen LogP) is 4.25. The Morgan fingerprint density at radius 3 is 2.59 bits per heavy atom. The number of aryl methyl sites for hydroxylation is 1. The van der Waals surface area contributed by atoms with Crippen molar-refractivity contribution in [1.82, 2.24) is 9.97 Å². The molecule has 0 bridgehead atoms. The van der Waals surface area contributed by atoms with Gasteiger partial charge in [-0.3, -0.25) is 0 Å². The summed E-state index contributed by atoms with van der Waals surface area (Å²) in [5.74, 6) is 1.38. The Morgan fingerprint density at radius 1 is 1.18 bits per heavy atom. The molecule has 2 rings (SSSR count). The fourth-order valence-electron chi connectivity index (χ4n) is 1.41. The number of aromatic nitrogens is 2. The van der Waals surface area contributed by atoms with E-state index in [-0.39, 0.29) is 0 Å². The molecular formula is C12H11BrClN3. The van der Waals surface area contributed by atoms with Crippen LogP contribution >= 0.6 is 27.5 Å². The molecule has 0 aliphatic heterocycles.